The Labute approximate surface area is 123 Å². The number of nitro benzene ring substituents is 1. The number of benzene rings is 1. The Hall–Kier alpha value is -2.15. The van der Waals surface area contributed by atoms with Crippen LogP contribution in [0.5, 0.6) is 0 Å². The van der Waals surface area contributed by atoms with Gasteiger partial charge in [-0.2, -0.15) is 0 Å². The van der Waals surface area contributed by atoms with E-state index in [1.807, 2.05) is 0 Å². The average Bonchev–Trinajstić information content (AvgIpc) is 2.46. The van der Waals surface area contributed by atoms with Crippen LogP contribution in [0.15, 0.2) is 18.2 Å². The molecule has 1 aromatic carbocycles. The lowest BCUT2D eigenvalue weighted by molar-refractivity contribution is -0.383. The van der Waals surface area contributed by atoms with Crippen molar-refractivity contribution in [2.75, 3.05) is 32.4 Å². The van der Waals surface area contributed by atoms with Gasteiger partial charge in [-0.05, 0) is 51.0 Å². The van der Waals surface area contributed by atoms with E-state index in [9.17, 15) is 14.9 Å². The zero-order valence-electron chi connectivity index (χ0n) is 12.0. The quantitative estimate of drug-likeness (QED) is 0.494. The second-order valence-corrected chi connectivity index (χ2v) is 5.49. The Bertz CT molecular complexity index is 539. The Morgan fingerprint density at radius 1 is 1.48 bits per heavy atom. The van der Waals surface area contributed by atoms with Crippen LogP contribution in [0.25, 0.3) is 0 Å². The van der Waals surface area contributed by atoms with Gasteiger partial charge in [0, 0.05) is 18.2 Å². The first-order chi connectivity index (χ1) is 9.97. The summed E-state index contributed by atoms with van der Waals surface area (Å²) in [6.07, 6.45) is 2.11. The topological polar surface area (TPSA) is 102 Å². The van der Waals surface area contributed by atoms with E-state index in [0.29, 0.717) is 12.5 Å². The van der Waals surface area contributed by atoms with E-state index in [-0.39, 0.29) is 22.8 Å². The van der Waals surface area contributed by atoms with E-state index in [1.54, 1.807) is 0 Å². The number of hydrogen-bond donors (Lipinski definition) is 2. The number of nitrogens with two attached hydrogens (primary N) is 1. The molecule has 0 aliphatic carbocycles. The Morgan fingerprint density at radius 2 is 2.14 bits per heavy atom. The van der Waals surface area contributed by atoms with Crippen LogP contribution in [0, 0.1) is 16.0 Å². The molecule has 0 saturated carbocycles. The summed E-state index contributed by atoms with van der Waals surface area (Å²) in [5.74, 6) is 0.172. The number of carbonyl (C=O) groups is 1. The SMILES string of the molecule is CN1CCC(CNC(=O)c2ccc(N)c([N+](=O)[O-])c2)CC1. The molecular weight excluding hydrogens is 272 g/mol. The molecule has 7 heteroatoms. The molecule has 3 N–H and O–H groups in total. The van der Waals surface area contributed by atoms with Gasteiger partial charge in [0.15, 0.2) is 0 Å². The predicted molar refractivity (Wildman–Crippen MR) is 80.1 cm³/mol. The number of nitrogen functional groups attached to an aromatic ring is 1. The number of nitrogens with one attached hydrogen (secondary N) is 1. The van der Waals surface area contributed by atoms with Gasteiger partial charge in [0.25, 0.3) is 11.6 Å². The third kappa shape index (κ3) is 3.91. The Kier molecular flexibility index (Phi) is 4.74. The number of likely N-dealkylation sites (tertiary alicyclic amines) is 1. The highest BCUT2D eigenvalue weighted by atomic mass is 16.6. The molecule has 21 heavy (non-hydrogen) atoms. The van der Waals surface area contributed by atoms with Crippen LogP contribution in [0.2, 0.25) is 0 Å². The van der Waals surface area contributed by atoms with Crippen molar-refractivity contribution in [2.45, 2.75) is 12.8 Å². The molecule has 0 bridgehead atoms. The van der Waals surface area contributed by atoms with Crippen LogP contribution in [0.3, 0.4) is 0 Å². The third-order valence-corrected chi connectivity index (χ3v) is 3.88. The van der Waals surface area contributed by atoms with Crippen molar-refractivity contribution in [3.63, 3.8) is 0 Å². The summed E-state index contributed by atoms with van der Waals surface area (Å²) in [5.41, 5.74) is 5.61. The standard InChI is InChI=1S/C14H20N4O3/c1-17-6-4-10(5-7-17)9-16-14(19)11-2-3-12(15)13(8-11)18(20)21/h2-3,8,10H,4-7,9,15H2,1H3,(H,16,19). The smallest absolute Gasteiger partial charge is 0.292 e. The third-order valence-electron chi connectivity index (χ3n) is 3.88. The van der Waals surface area contributed by atoms with E-state index in [0.717, 1.165) is 25.9 Å². The van der Waals surface area contributed by atoms with Gasteiger partial charge < -0.3 is 16.0 Å². The monoisotopic (exact) mass is 292 g/mol. The van der Waals surface area contributed by atoms with E-state index in [1.165, 1.54) is 18.2 Å². The molecule has 1 amide bonds. The molecule has 1 fully saturated rings. The van der Waals surface area contributed by atoms with Gasteiger partial charge in [0.05, 0.1) is 4.92 Å². The second kappa shape index (κ2) is 6.53. The van der Waals surface area contributed by atoms with Gasteiger partial charge in [-0.25, -0.2) is 0 Å². The minimum absolute atomic E-state index is 0.0619. The number of carbonyl (C=O) groups excluding carboxylic acids is 1. The highest BCUT2D eigenvalue weighted by Gasteiger charge is 2.19. The van der Waals surface area contributed by atoms with Gasteiger partial charge in [0.1, 0.15) is 5.69 Å². The van der Waals surface area contributed by atoms with Crippen LogP contribution in [0.1, 0.15) is 23.2 Å². The van der Waals surface area contributed by atoms with E-state index >= 15 is 0 Å². The van der Waals surface area contributed by atoms with Crippen LogP contribution in [0.4, 0.5) is 11.4 Å². The second-order valence-electron chi connectivity index (χ2n) is 5.49. The van der Waals surface area contributed by atoms with Crippen molar-refractivity contribution < 1.29 is 9.72 Å². The summed E-state index contributed by atoms with van der Waals surface area (Å²) in [7, 11) is 2.09. The minimum atomic E-state index is -0.580. The first-order valence-electron chi connectivity index (χ1n) is 6.98. The minimum Gasteiger partial charge on any atom is -0.393 e. The molecule has 1 aromatic rings. The lowest BCUT2D eigenvalue weighted by Gasteiger charge is -2.28. The number of piperidine rings is 1. The molecule has 1 heterocycles. The summed E-state index contributed by atoms with van der Waals surface area (Å²) in [6.45, 7) is 2.67. The molecule has 114 valence electrons. The summed E-state index contributed by atoms with van der Waals surface area (Å²) < 4.78 is 0. The molecule has 0 aromatic heterocycles. The van der Waals surface area contributed by atoms with Gasteiger partial charge in [0.2, 0.25) is 0 Å². The predicted octanol–water partition coefficient (Wildman–Crippen LogP) is 1.25. The molecule has 1 aliphatic rings. The number of nitro groups is 1. The Balaban J connectivity index is 1.94. The fraction of sp³-hybridized carbons (Fsp3) is 0.500. The molecule has 7 nitrogen and oxygen atoms in total. The number of anilines is 1. The molecule has 1 saturated heterocycles. The fourth-order valence-corrected chi connectivity index (χ4v) is 2.45. The number of hydrogen-bond acceptors (Lipinski definition) is 5. The van der Waals surface area contributed by atoms with Crippen molar-refractivity contribution in [2.24, 2.45) is 5.92 Å². The first-order valence-corrected chi connectivity index (χ1v) is 6.98. The maximum Gasteiger partial charge on any atom is 0.292 e. The van der Waals surface area contributed by atoms with E-state index in [2.05, 4.69) is 17.3 Å². The van der Waals surface area contributed by atoms with Gasteiger partial charge in [-0.15, -0.1) is 0 Å². The first kappa shape index (κ1) is 15.2. The van der Waals surface area contributed by atoms with Crippen LogP contribution in [-0.4, -0.2) is 42.4 Å². The summed E-state index contributed by atoms with van der Waals surface area (Å²) in [6, 6.07) is 4.12. The van der Waals surface area contributed by atoms with Crippen LogP contribution in [-0.2, 0) is 0 Å². The maximum absolute atomic E-state index is 12.1. The van der Waals surface area contributed by atoms with E-state index < -0.39 is 4.92 Å². The fourth-order valence-electron chi connectivity index (χ4n) is 2.45. The number of nitrogens with zero attached hydrogens (tertiary/aromatic N) is 2. The average molecular weight is 292 g/mol. The highest BCUT2D eigenvalue weighted by Crippen LogP contribution is 2.22. The zero-order valence-corrected chi connectivity index (χ0v) is 12.0. The highest BCUT2D eigenvalue weighted by molar-refractivity contribution is 5.95. The lowest BCUT2D eigenvalue weighted by Crippen LogP contribution is -2.36. The normalized spacial score (nSPS) is 16.6. The molecule has 0 atom stereocenters. The number of amides is 1. The summed E-state index contributed by atoms with van der Waals surface area (Å²) >= 11 is 0. The van der Waals surface area contributed by atoms with Crippen molar-refractivity contribution in [1.29, 1.82) is 0 Å². The molecule has 0 spiro atoms. The lowest BCUT2D eigenvalue weighted by atomic mass is 9.97. The number of rotatable bonds is 4. The van der Waals surface area contributed by atoms with Crippen LogP contribution >= 0.6 is 0 Å². The van der Waals surface area contributed by atoms with E-state index in [4.69, 9.17) is 5.73 Å². The molecule has 0 unspecified atom stereocenters. The maximum atomic E-state index is 12.1. The molecule has 0 radical (unpaired) electrons. The summed E-state index contributed by atoms with van der Waals surface area (Å²) in [5, 5.41) is 13.7. The summed E-state index contributed by atoms with van der Waals surface area (Å²) in [4.78, 5) is 24.6. The molecular formula is C14H20N4O3. The van der Waals surface area contributed by atoms with Crippen molar-refractivity contribution in [1.82, 2.24) is 10.2 Å². The van der Waals surface area contributed by atoms with Crippen molar-refractivity contribution >= 4 is 17.3 Å². The van der Waals surface area contributed by atoms with Crippen molar-refractivity contribution in [3.05, 3.63) is 33.9 Å². The Morgan fingerprint density at radius 3 is 2.76 bits per heavy atom. The molecule has 1 aliphatic heterocycles. The van der Waals surface area contributed by atoms with Gasteiger partial charge >= 0.3 is 0 Å². The van der Waals surface area contributed by atoms with Crippen LogP contribution < -0.4 is 11.1 Å². The van der Waals surface area contributed by atoms with Crippen molar-refractivity contribution in [3.8, 4) is 0 Å². The van der Waals surface area contributed by atoms with Gasteiger partial charge in [-0.3, -0.25) is 14.9 Å². The molecule has 2 rings (SSSR count). The van der Waals surface area contributed by atoms with Gasteiger partial charge in [-0.1, -0.05) is 0 Å². The largest absolute Gasteiger partial charge is 0.393 e. The zero-order chi connectivity index (χ0) is 15.4.